The third kappa shape index (κ3) is 5.29. The number of nitrogens with one attached hydrogen (secondary N) is 2. The highest BCUT2D eigenvalue weighted by atomic mass is 16.5. The molecule has 0 atom stereocenters. The van der Waals surface area contributed by atoms with Crippen molar-refractivity contribution in [1.29, 1.82) is 0 Å². The normalized spacial score (nSPS) is 11.1. The summed E-state index contributed by atoms with van der Waals surface area (Å²) in [5.74, 6) is -0.361. The highest BCUT2D eigenvalue weighted by Gasteiger charge is 2.27. The molecule has 3 heterocycles. The van der Waals surface area contributed by atoms with Crippen LogP contribution in [-0.4, -0.2) is 33.6 Å². The minimum atomic E-state index is -0.573. The molecule has 9 nitrogen and oxygen atoms in total. The molecule has 0 saturated carbocycles. The zero-order chi connectivity index (χ0) is 24.9. The number of phenolic OH excluding ortho intramolecular Hbond substituents is 1. The molecule has 0 aliphatic rings. The molecular weight excluding hydrogens is 448 g/mol. The first-order valence-electron chi connectivity index (χ1n) is 11.3. The van der Waals surface area contributed by atoms with Crippen molar-refractivity contribution >= 4 is 34.3 Å². The minimum Gasteiger partial charge on any atom is -0.508 e. The van der Waals surface area contributed by atoms with Gasteiger partial charge in [0.15, 0.2) is 11.5 Å². The molecule has 3 N–H and O–H groups in total. The van der Waals surface area contributed by atoms with Crippen LogP contribution < -0.4 is 10.6 Å². The Morgan fingerprint density at radius 3 is 2.71 bits per heavy atom. The number of carbonyl (C=O) groups excluding carboxylic acids is 2. The summed E-state index contributed by atoms with van der Waals surface area (Å²) < 4.78 is 12.1. The van der Waals surface area contributed by atoms with Crippen LogP contribution >= 0.6 is 0 Å². The van der Waals surface area contributed by atoms with Gasteiger partial charge in [0, 0.05) is 18.5 Å². The van der Waals surface area contributed by atoms with Crippen LogP contribution in [-0.2, 0) is 17.8 Å². The number of nitrogens with zero attached hydrogens (tertiary/aromatic N) is 2. The Hall–Kier alpha value is -4.27. The molecule has 182 valence electrons. The number of aromatic nitrogens is 2. The number of rotatable bonds is 9. The predicted molar refractivity (Wildman–Crippen MR) is 133 cm³/mol. The Labute approximate surface area is 202 Å². The molecular formula is C26H28N4O5. The number of phenols is 1. The van der Waals surface area contributed by atoms with Crippen LogP contribution in [0, 0.1) is 5.92 Å². The van der Waals surface area contributed by atoms with Gasteiger partial charge >= 0.3 is 5.97 Å². The van der Waals surface area contributed by atoms with Gasteiger partial charge in [0.05, 0.1) is 30.9 Å². The Bertz CT molecular complexity index is 1340. The lowest BCUT2D eigenvalue weighted by Gasteiger charge is -2.12. The Morgan fingerprint density at radius 2 is 2.03 bits per heavy atom. The van der Waals surface area contributed by atoms with Gasteiger partial charge in [-0.1, -0.05) is 26.0 Å². The smallest absolute Gasteiger partial charge is 0.356 e. The number of anilines is 2. The molecule has 1 amide bonds. The van der Waals surface area contributed by atoms with E-state index in [0.717, 1.165) is 12.0 Å². The van der Waals surface area contributed by atoms with Crippen LogP contribution in [0.25, 0.3) is 11.0 Å². The zero-order valence-corrected chi connectivity index (χ0v) is 19.9. The van der Waals surface area contributed by atoms with Crippen molar-refractivity contribution in [2.24, 2.45) is 5.92 Å². The Kier molecular flexibility index (Phi) is 7.05. The van der Waals surface area contributed by atoms with Crippen LogP contribution in [0.5, 0.6) is 5.75 Å². The monoisotopic (exact) mass is 476 g/mol. The van der Waals surface area contributed by atoms with Gasteiger partial charge in [-0.3, -0.25) is 4.79 Å². The van der Waals surface area contributed by atoms with Crippen molar-refractivity contribution in [1.82, 2.24) is 9.55 Å². The predicted octanol–water partition coefficient (Wildman–Crippen LogP) is 5.03. The van der Waals surface area contributed by atoms with E-state index in [0.29, 0.717) is 41.4 Å². The molecule has 0 radical (unpaired) electrons. The van der Waals surface area contributed by atoms with Crippen molar-refractivity contribution in [3.8, 4) is 5.75 Å². The molecule has 0 saturated heterocycles. The standard InChI is InChI=1S/C26H28N4O5/c1-16(2)9-10-30-23(26(33)34-3)22(29-25(32)21-8-5-11-35-21)20-13-18(15-28-24(20)30)27-14-17-6-4-7-19(31)12-17/h4-8,11-13,15-16,27,31H,9-10,14H2,1-3H3,(H,29,32). The van der Waals surface area contributed by atoms with E-state index in [-0.39, 0.29) is 17.2 Å². The molecule has 4 rings (SSSR count). The number of fused-ring (bicyclic) bond motifs is 1. The minimum absolute atomic E-state index is 0.120. The first-order valence-corrected chi connectivity index (χ1v) is 11.3. The number of carbonyl (C=O) groups is 2. The van der Waals surface area contributed by atoms with Gasteiger partial charge in [-0.2, -0.15) is 0 Å². The summed E-state index contributed by atoms with van der Waals surface area (Å²) in [5.41, 5.74) is 2.67. The Balaban J connectivity index is 1.77. The SMILES string of the molecule is COC(=O)c1c(NC(=O)c2ccco2)c2cc(NCc3cccc(O)c3)cnc2n1CCC(C)C. The number of benzene rings is 1. The van der Waals surface area contributed by atoms with Crippen LogP contribution in [0.4, 0.5) is 11.4 Å². The average molecular weight is 477 g/mol. The summed E-state index contributed by atoms with van der Waals surface area (Å²) in [7, 11) is 1.31. The molecule has 0 fully saturated rings. The third-order valence-electron chi connectivity index (χ3n) is 5.60. The van der Waals surface area contributed by atoms with E-state index in [4.69, 9.17) is 9.15 Å². The lowest BCUT2D eigenvalue weighted by atomic mass is 10.1. The van der Waals surface area contributed by atoms with E-state index in [1.807, 2.05) is 12.1 Å². The summed E-state index contributed by atoms with van der Waals surface area (Å²) in [4.78, 5) is 30.4. The van der Waals surface area contributed by atoms with Gasteiger partial charge in [-0.05, 0) is 48.2 Å². The molecule has 4 aromatic rings. The molecule has 0 aliphatic carbocycles. The highest BCUT2D eigenvalue weighted by molar-refractivity contribution is 6.14. The molecule has 9 heteroatoms. The number of hydrogen-bond acceptors (Lipinski definition) is 7. The summed E-state index contributed by atoms with van der Waals surface area (Å²) in [6.45, 7) is 5.17. The first-order chi connectivity index (χ1) is 16.9. The number of furan rings is 1. The van der Waals surface area contributed by atoms with Gasteiger partial charge in [0.1, 0.15) is 11.4 Å². The first kappa shape index (κ1) is 23.9. The van der Waals surface area contributed by atoms with Gasteiger partial charge in [-0.25, -0.2) is 9.78 Å². The lowest BCUT2D eigenvalue weighted by molar-refractivity contribution is 0.0589. The number of hydrogen-bond donors (Lipinski definition) is 3. The van der Waals surface area contributed by atoms with Crippen LogP contribution in [0.2, 0.25) is 0 Å². The second-order valence-electron chi connectivity index (χ2n) is 8.60. The molecule has 0 unspecified atom stereocenters. The molecule has 0 aliphatic heterocycles. The molecule has 0 spiro atoms. The fourth-order valence-corrected chi connectivity index (χ4v) is 3.82. The van der Waals surface area contributed by atoms with E-state index in [9.17, 15) is 14.7 Å². The van der Waals surface area contributed by atoms with Crippen molar-refractivity contribution in [2.75, 3.05) is 17.7 Å². The number of amides is 1. The van der Waals surface area contributed by atoms with E-state index in [1.165, 1.54) is 13.4 Å². The van der Waals surface area contributed by atoms with E-state index in [1.54, 1.807) is 41.1 Å². The molecule has 1 aromatic carbocycles. The van der Waals surface area contributed by atoms with Gasteiger partial charge in [-0.15, -0.1) is 0 Å². The van der Waals surface area contributed by atoms with Gasteiger partial charge < -0.3 is 29.5 Å². The summed E-state index contributed by atoms with van der Waals surface area (Å²) >= 11 is 0. The fourth-order valence-electron chi connectivity index (χ4n) is 3.82. The number of esters is 1. The quantitative estimate of drug-likeness (QED) is 0.290. The average Bonchev–Trinajstić information content (AvgIpc) is 3.48. The highest BCUT2D eigenvalue weighted by Crippen LogP contribution is 2.33. The molecule has 3 aromatic heterocycles. The van der Waals surface area contributed by atoms with Crippen molar-refractivity contribution in [3.63, 3.8) is 0 Å². The topological polar surface area (TPSA) is 119 Å². The third-order valence-corrected chi connectivity index (χ3v) is 5.60. The van der Waals surface area contributed by atoms with Crippen molar-refractivity contribution in [2.45, 2.75) is 33.4 Å². The van der Waals surface area contributed by atoms with E-state index < -0.39 is 11.9 Å². The zero-order valence-electron chi connectivity index (χ0n) is 19.9. The maximum Gasteiger partial charge on any atom is 0.356 e. The molecule has 35 heavy (non-hydrogen) atoms. The number of pyridine rings is 1. The number of methoxy groups -OCH3 is 1. The van der Waals surface area contributed by atoms with E-state index >= 15 is 0 Å². The summed E-state index contributed by atoms with van der Waals surface area (Å²) in [5, 5.41) is 16.4. The van der Waals surface area contributed by atoms with Crippen LogP contribution in [0.15, 0.2) is 59.3 Å². The summed E-state index contributed by atoms with van der Waals surface area (Å²) in [6, 6.07) is 11.9. The second-order valence-corrected chi connectivity index (χ2v) is 8.60. The maximum atomic E-state index is 12.9. The largest absolute Gasteiger partial charge is 0.508 e. The maximum absolute atomic E-state index is 12.9. The number of ether oxygens (including phenoxy) is 1. The van der Waals surface area contributed by atoms with Crippen molar-refractivity contribution < 1.29 is 23.8 Å². The van der Waals surface area contributed by atoms with Crippen LogP contribution in [0.3, 0.4) is 0 Å². The molecule has 0 bridgehead atoms. The summed E-state index contributed by atoms with van der Waals surface area (Å²) in [6.07, 6.45) is 3.89. The fraction of sp³-hybridized carbons (Fsp3) is 0.269. The Morgan fingerprint density at radius 1 is 1.20 bits per heavy atom. The van der Waals surface area contributed by atoms with Gasteiger partial charge in [0.2, 0.25) is 0 Å². The van der Waals surface area contributed by atoms with E-state index in [2.05, 4.69) is 29.5 Å². The number of aryl methyl sites for hydroxylation is 1. The second kappa shape index (κ2) is 10.3. The lowest BCUT2D eigenvalue weighted by Crippen LogP contribution is -2.17. The van der Waals surface area contributed by atoms with Gasteiger partial charge in [0.25, 0.3) is 5.91 Å². The van der Waals surface area contributed by atoms with Crippen LogP contribution in [0.1, 0.15) is 46.9 Å². The number of aromatic hydroxyl groups is 1. The van der Waals surface area contributed by atoms with Crippen molar-refractivity contribution in [3.05, 3.63) is 71.9 Å².